The highest BCUT2D eigenvalue weighted by Gasteiger charge is 2.56. The summed E-state index contributed by atoms with van der Waals surface area (Å²) in [6, 6.07) is 0. The molecule has 4 heteroatoms. The molecule has 3 unspecified atom stereocenters. The molecule has 1 saturated carbocycles. The minimum absolute atomic E-state index is 0.124. The molecule has 2 aliphatic rings. The van der Waals surface area contributed by atoms with Crippen LogP contribution in [0.1, 0.15) is 32.6 Å². The summed E-state index contributed by atoms with van der Waals surface area (Å²) in [4.78, 5) is 22.3. The molecule has 1 saturated heterocycles. The van der Waals surface area contributed by atoms with E-state index in [1.165, 1.54) is 0 Å². The van der Waals surface area contributed by atoms with Gasteiger partial charge in [-0.15, -0.1) is 0 Å². The van der Waals surface area contributed by atoms with Gasteiger partial charge in [0.25, 0.3) is 0 Å². The van der Waals surface area contributed by atoms with Crippen LogP contribution in [0.4, 0.5) is 0 Å². The number of carbonyl (C=O) groups excluding carboxylic acids is 1. The third-order valence-electron chi connectivity index (χ3n) is 3.48. The topological polar surface area (TPSA) is 63.6 Å². The van der Waals surface area contributed by atoms with Crippen LogP contribution < -0.4 is 0 Å². The number of hydrogen-bond acceptors (Lipinski definition) is 3. The van der Waals surface area contributed by atoms with E-state index >= 15 is 0 Å². The van der Waals surface area contributed by atoms with E-state index in [4.69, 9.17) is 9.84 Å². The second kappa shape index (κ2) is 2.97. The van der Waals surface area contributed by atoms with Crippen molar-refractivity contribution in [3.63, 3.8) is 0 Å². The number of hydrogen-bond donors (Lipinski definition) is 1. The maximum atomic E-state index is 11.4. The van der Waals surface area contributed by atoms with Gasteiger partial charge in [-0.1, -0.05) is 6.42 Å². The summed E-state index contributed by atoms with van der Waals surface area (Å²) in [6.45, 7) is 1.86. The lowest BCUT2D eigenvalue weighted by atomic mass is 9.72. The first kappa shape index (κ1) is 9.49. The standard InChI is InChI=1S/C10H14O4/c1-10-5-3-2-4-6(10)7(8(11)12)9(13)14-10/h6-7H,2-5H2,1H3,(H,11,12). The molecule has 0 spiro atoms. The molecule has 14 heavy (non-hydrogen) atoms. The van der Waals surface area contributed by atoms with Gasteiger partial charge in [-0.2, -0.15) is 0 Å². The third-order valence-corrected chi connectivity index (χ3v) is 3.48. The van der Waals surface area contributed by atoms with Crippen molar-refractivity contribution in [2.75, 3.05) is 0 Å². The number of fused-ring (bicyclic) bond motifs is 1. The molecule has 1 N–H and O–H groups in total. The van der Waals surface area contributed by atoms with Gasteiger partial charge in [0.05, 0.1) is 0 Å². The summed E-state index contributed by atoms with van der Waals surface area (Å²) < 4.78 is 5.21. The zero-order chi connectivity index (χ0) is 10.3. The molecule has 78 valence electrons. The number of carboxylic acids is 1. The van der Waals surface area contributed by atoms with Crippen LogP contribution in [-0.4, -0.2) is 22.6 Å². The minimum atomic E-state index is -1.04. The van der Waals surface area contributed by atoms with Crippen LogP contribution >= 0.6 is 0 Å². The molecule has 1 aliphatic carbocycles. The quantitative estimate of drug-likeness (QED) is 0.507. The molecule has 3 atom stereocenters. The largest absolute Gasteiger partial charge is 0.481 e. The molecular formula is C10H14O4. The molecule has 0 amide bonds. The van der Waals surface area contributed by atoms with E-state index < -0.39 is 23.5 Å². The zero-order valence-electron chi connectivity index (χ0n) is 8.16. The smallest absolute Gasteiger partial charge is 0.321 e. The van der Waals surface area contributed by atoms with Crippen molar-refractivity contribution in [1.82, 2.24) is 0 Å². The summed E-state index contributed by atoms with van der Waals surface area (Å²) in [7, 11) is 0. The highest BCUT2D eigenvalue weighted by Crippen LogP contribution is 2.46. The number of carboxylic acid groups (broad SMARTS) is 1. The molecule has 0 aromatic heterocycles. The van der Waals surface area contributed by atoms with Crippen LogP contribution in [0.25, 0.3) is 0 Å². The van der Waals surface area contributed by atoms with Crippen LogP contribution in [0.3, 0.4) is 0 Å². The first-order valence-electron chi connectivity index (χ1n) is 5.00. The molecule has 1 aliphatic heterocycles. The average Bonchev–Trinajstić information content (AvgIpc) is 2.34. The van der Waals surface area contributed by atoms with E-state index in [-0.39, 0.29) is 5.92 Å². The normalized spacial score (nSPS) is 41.6. The van der Waals surface area contributed by atoms with Crippen LogP contribution in [0, 0.1) is 11.8 Å². The number of esters is 1. The van der Waals surface area contributed by atoms with Crippen molar-refractivity contribution >= 4 is 11.9 Å². The lowest BCUT2D eigenvalue weighted by Crippen LogP contribution is -2.38. The summed E-state index contributed by atoms with van der Waals surface area (Å²) in [6.07, 6.45) is 3.61. The first-order valence-corrected chi connectivity index (χ1v) is 5.00. The Hall–Kier alpha value is -1.06. The highest BCUT2D eigenvalue weighted by atomic mass is 16.6. The van der Waals surface area contributed by atoms with Gasteiger partial charge in [0.2, 0.25) is 0 Å². The molecule has 2 fully saturated rings. The van der Waals surface area contributed by atoms with Gasteiger partial charge in [0.15, 0.2) is 5.92 Å². The van der Waals surface area contributed by atoms with Gasteiger partial charge < -0.3 is 9.84 Å². The Labute approximate surface area is 82.2 Å². The fourth-order valence-corrected chi connectivity index (χ4v) is 2.71. The Bertz CT molecular complexity index is 286. The Balaban J connectivity index is 2.29. The van der Waals surface area contributed by atoms with Crippen LogP contribution in [-0.2, 0) is 14.3 Å². The van der Waals surface area contributed by atoms with Crippen LogP contribution in [0.2, 0.25) is 0 Å². The lowest BCUT2D eigenvalue weighted by molar-refractivity contribution is -0.155. The van der Waals surface area contributed by atoms with Crippen molar-refractivity contribution in [3.8, 4) is 0 Å². The fourth-order valence-electron chi connectivity index (χ4n) is 2.71. The molecule has 0 aromatic rings. The molecule has 0 radical (unpaired) electrons. The fraction of sp³-hybridized carbons (Fsp3) is 0.800. The lowest BCUT2D eigenvalue weighted by Gasteiger charge is -2.34. The van der Waals surface area contributed by atoms with Crippen molar-refractivity contribution in [1.29, 1.82) is 0 Å². The van der Waals surface area contributed by atoms with Gasteiger partial charge in [0.1, 0.15) is 5.60 Å². The first-order chi connectivity index (χ1) is 6.54. The summed E-state index contributed by atoms with van der Waals surface area (Å²) in [5.74, 6) is -2.64. The monoisotopic (exact) mass is 198 g/mol. The van der Waals surface area contributed by atoms with Crippen molar-refractivity contribution < 1.29 is 19.4 Å². The SMILES string of the molecule is CC12CCCCC1C(C(=O)O)C(=O)O2. The maximum Gasteiger partial charge on any atom is 0.321 e. The zero-order valence-corrected chi connectivity index (χ0v) is 8.16. The van der Waals surface area contributed by atoms with Crippen molar-refractivity contribution in [2.45, 2.75) is 38.2 Å². The second-order valence-corrected chi connectivity index (χ2v) is 4.40. The maximum absolute atomic E-state index is 11.4. The number of rotatable bonds is 1. The molecule has 1 heterocycles. The third kappa shape index (κ3) is 1.21. The predicted octanol–water partition coefficient (Wildman–Crippen LogP) is 1.19. The molecule has 0 bridgehead atoms. The van der Waals surface area contributed by atoms with Gasteiger partial charge in [-0.3, -0.25) is 9.59 Å². The van der Waals surface area contributed by atoms with E-state index in [1.807, 2.05) is 6.92 Å². The Morgan fingerprint density at radius 3 is 2.93 bits per heavy atom. The second-order valence-electron chi connectivity index (χ2n) is 4.40. The summed E-state index contributed by atoms with van der Waals surface area (Å²) in [5, 5.41) is 8.94. The number of carbonyl (C=O) groups is 2. The summed E-state index contributed by atoms with van der Waals surface area (Å²) in [5.41, 5.74) is -0.515. The minimum Gasteiger partial charge on any atom is -0.481 e. The number of aliphatic carboxylic acids is 1. The van der Waals surface area contributed by atoms with Crippen molar-refractivity contribution in [2.24, 2.45) is 11.8 Å². The Kier molecular flexibility index (Phi) is 2.01. The van der Waals surface area contributed by atoms with E-state index in [1.54, 1.807) is 0 Å². The van der Waals surface area contributed by atoms with E-state index in [0.717, 1.165) is 25.7 Å². The van der Waals surface area contributed by atoms with E-state index in [0.29, 0.717) is 0 Å². The summed E-state index contributed by atoms with van der Waals surface area (Å²) >= 11 is 0. The van der Waals surface area contributed by atoms with Gasteiger partial charge in [0, 0.05) is 5.92 Å². The highest BCUT2D eigenvalue weighted by molar-refractivity contribution is 5.96. The Morgan fingerprint density at radius 2 is 2.29 bits per heavy atom. The average molecular weight is 198 g/mol. The molecule has 2 rings (SSSR count). The molecule has 4 nitrogen and oxygen atoms in total. The van der Waals surface area contributed by atoms with Gasteiger partial charge >= 0.3 is 11.9 Å². The number of ether oxygens (including phenoxy) is 1. The van der Waals surface area contributed by atoms with Crippen molar-refractivity contribution in [3.05, 3.63) is 0 Å². The van der Waals surface area contributed by atoms with Crippen LogP contribution in [0.15, 0.2) is 0 Å². The van der Waals surface area contributed by atoms with Gasteiger partial charge in [-0.05, 0) is 26.2 Å². The van der Waals surface area contributed by atoms with Gasteiger partial charge in [-0.25, -0.2) is 0 Å². The van der Waals surface area contributed by atoms with E-state index in [2.05, 4.69) is 0 Å². The Morgan fingerprint density at radius 1 is 1.57 bits per heavy atom. The predicted molar refractivity (Wildman–Crippen MR) is 47.6 cm³/mol. The molecule has 0 aromatic carbocycles. The van der Waals surface area contributed by atoms with Crippen LogP contribution in [0.5, 0.6) is 0 Å². The van der Waals surface area contributed by atoms with E-state index in [9.17, 15) is 9.59 Å². The molecular weight excluding hydrogens is 184 g/mol.